The Morgan fingerprint density at radius 2 is 0.667 bits per heavy atom. The number of rotatable bonds is 6. The smallest absolute Gasteiger partial charge is 0.116 e. The molecule has 6 rings (SSSR count). The fraction of sp³-hybridized carbons (Fsp3) is 0.226. The lowest BCUT2D eigenvalue weighted by atomic mass is 9.84. The van der Waals surface area contributed by atoms with Crippen molar-refractivity contribution < 1.29 is 10.2 Å². The Labute approximate surface area is 195 Å². The van der Waals surface area contributed by atoms with Crippen molar-refractivity contribution in [2.45, 2.75) is 43.3 Å². The highest BCUT2D eigenvalue weighted by atomic mass is 16.3. The lowest BCUT2D eigenvalue weighted by Gasteiger charge is -2.27. The molecule has 0 saturated heterocycles. The van der Waals surface area contributed by atoms with E-state index < -0.39 is 11.2 Å². The Bertz CT molecular complexity index is 1140. The van der Waals surface area contributed by atoms with Gasteiger partial charge in [-0.1, -0.05) is 103 Å². The van der Waals surface area contributed by atoms with Gasteiger partial charge in [0.2, 0.25) is 0 Å². The van der Waals surface area contributed by atoms with Gasteiger partial charge in [-0.3, -0.25) is 0 Å². The first-order valence-electron chi connectivity index (χ1n) is 12.0. The standard InChI is InChI=1S/C31H28O2/c32-30(26-16-6-2-12-22(26)23-13-3-7-17-27(23)30)20-10-1-11-21-31(33)28-18-8-4-14-24(28)25-15-5-9-19-29(25)31/h2-9,12-19,32-33H,1,10-11,20-21H2. The summed E-state index contributed by atoms with van der Waals surface area (Å²) in [6, 6.07) is 32.9. The van der Waals surface area contributed by atoms with Crippen molar-refractivity contribution in [3.8, 4) is 22.3 Å². The van der Waals surface area contributed by atoms with Gasteiger partial charge in [0.1, 0.15) is 11.2 Å². The molecule has 0 atom stereocenters. The van der Waals surface area contributed by atoms with Crippen LogP contribution in [0.4, 0.5) is 0 Å². The molecule has 0 unspecified atom stereocenters. The van der Waals surface area contributed by atoms with Gasteiger partial charge in [0, 0.05) is 0 Å². The Balaban J connectivity index is 1.18. The van der Waals surface area contributed by atoms with Crippen LogP contribution in [-0.4, -0.2) is 10.2 Å². The molecule has 4 aromatic rings. The number of fused-ring (bicyclic) bond motifs is 6. The first-order valence-corrected chi connectivity index (χ1v) is 12.0. The van der Waals surface area contributed by atoms with Crippen LogP contribution in [0.5, 0.6) is 0 Å². The summed E-state index contributed by atoms with van der Waals surface area (Å²) in [5.41, 5.74) is 6.77. The third-order valence-electron chi connectivity index (χ3n) is 7.65. The third-order valence-corrected chi connectivity index (χ3v) is 7.65. The van der Waals surface area contributed by atoms with Crippen LogP contribution in [-0.2, 0) is 11.2 Å². The van der Waals surface area contributed by atoms with Crippen LogP contribution < -0.4 is 0 Å². The summed E-state index contributed by atoms with van der Waals surface area (Å²) in [4.78, 5) is 0. The van der Waals surface area contributed by atoms with Crippen LogP contribution in [0.2, 0.25) is 0 Å². The van der Waals surface area contributed by atoms with E-state index in [1.54, 1.807) is 0 Å². The molecule has 2 aliphatic rings. The van der Waals surface area contributed by atoms with Gasteiger partial charge in [0.25, 0.3) is 0 Å². The normalized spacial score (nSPS) is 16.1. The third kappa shape index (κ3) is 3.02. The molecule has 4 aromatic carbocycles. The zero-order valence-corrected chi connectivity index (χ0v) is 18.7. The lowest BCUT2D eigenvalue weighted by molar-refractivity contribution is 0.0648. The number of unbranched alkanes of at least 4 members (excludes halogenated alkanes) is 2. The molecule has 0 spiro atoms. The van der Waals surface area contributed by atoms with E-state index in [1.807, 2.05) is 48.5 Å². The summed E-state index contributed by atoms with van der Waals surface area (Å²) >= 11 is 0. The predicted octanol–water partition coefficient (Wildman–Crippen LogP) is 6.77. The van der Waals surface area contributed by atoms with Crippen LogP contribution in [0.15, 0.2) is 97.1 Å². The molecule has 0 fully saturated rings. The lowest BCUT2D eigenvalue weighted by Crippen LogP contribution is -2.25. The van der Waals surface area contributed by atoms with Gasteiger partial charge in [-0.2, -0.15) is 0 Å². The second-order valence-corrected chi connectivity index (χ2v) is 9.46. The molecule has 164 valence electrons. The van der Waals surface area contributed by atoms with E-state index in [0.29, 0.717) is 12.8 Å². The molecular formula is C31H28O2. The van der Waals surface area contributed by atoms with E-state index in [1.165, 1.54) is 0 Å². The van der Waals surface area contributed by atoms with E-state index in [4.69, 9.17) is 0 Å². The molecule has 0 radical (unpaired) electrons. The van der Waals surface area contributed by atoms with E-state index >= 15 is 0 Å². The van der Waals surface area contributed by atoms with Gasteiger partial charge in [0.15, 0.2) is 0 Å². The monoisotopic (exact) mass is 432 g/mol. The minimum absolute atomic E-state index is 0.687. The molecule has 33 heavy (non-hydrogen) atoms. The largest absolute Gasteiger partial charge is 0.380 e. The fourth-order valence-electron chi connectivity index (χ4n) is 6.08. The van der Waals surface area contributed by atoms with Gasteiger partial charge in [-0.15, -0.1) is 0 Å². The summed E-state index contributed by atoms with van der Waals surface area (Å²) in [6.07, 6.45) is 4.13. The Morgan fingerprint density at radius 3 is 0.970 bits per heavy atom. The Kier molecular flexibility index (Phi) is 4.76. The average molecular weight is 433 g/mol. The van der Waals surface area contributed by atoms with E-state index in [-0.39, 0.29) is 0 Å². The quantitative estimate of drug-likeness (QED) is 0.330. The van der Waals surface area contributed by atoms with E-state index in [9.17, 15) is 10.2 Å². The highest BCUT2D eigenvalue weighted by molar-refractivity contribution is 5.80. The van der Waals surface area contributed by atoms with E-state index in [2.05, 4.69) is 48.5 Å². The second kappa shape index (κ2) is 7.69. The van der Waals surface area contributed by atoms with Crippen molar-refractivity contribution in [2.75, 3.05) is 0 Å². The number of hydrogen-bond donors (Lipinski definition) is 2. The van der Waals surface area contributed by atoms with Crippen molar-refractivity contribution in [3.05, 3.63) is 119 Å². The average Bonchev–Trinajstić information content (AvgIpc) is 3.27. The molecule has 2 N–H and O–H groups in total. The van der Waals surface area contributed by atoms with Crippen molar-refractivity contribution in [2.24, 2.45) is 0 Å². The molecule has 2 heteroatoms. The molecule has 0 heterocycles. The molecule has 0 aromatic heterocycles. The SMILES string of the molecule is OC1(CCCCCC2(O)c3ccccc3-c3ccccc32)c2ccccc2-c2ccccc21. The van der Waals surface area contributed by atoms with Crippen LogP contribution in [0, 0.1) is 0 Å². The van der Waals surface area contributed by atoms with Crippen molar-refractivity contribution >= 4 is 0 Å². The molecule has 2 aliphatic carbocycles. The van der Waals surface area contributed by atoms with Gasteiger partial charge in [0.05, 0.1) is 0 Å². The van der Waals surface area contributed by atoms with Gasteiger partial charge in [-0.25, -0.2) is 0 Å². The number of aliphatic hydroxyl groups is 2. The van der Waals surface area contributed by atoms with Crippen molar-refractivity contribution in [1.29, 1.82) is 0 Å². The van der Waals surface area contributed by atoms with Crippen LogP contribution in [0.3, 0.4) is 0 Å². The Morgan fingerprint density at radius 1 is 0.394 bits per heavy atom. The van der Waals surface area contributed by atoms with Gasteiger partial charge < -0.3 is 10.2 Å². The summed E-state index contributed by atoms with van der Waals surface area (Å²) in [5, 5.41) is 23.5. The second-order valence-electron chi connectivity index (χ2n) is 9.46. The summed E-state index contributed by atoms with van der Waals surface area (Å²) < 4.78 is 0. The first kappa shape index (κ1) is 20.4. The highest BCUT2D eigenvalue weighted by Crippen LogP contribution is 2.51. The number of benzene rings is 4. The molecule has 0 saturated carbocycles. The van der Waals surface area contributed by atoms with E-state index in [0.717, 1.165) is 63.8 Å². The molecule has 0 bridgehead atoms. The molecule has 0 aliphatic heterocycles. The predicted molar refractivity (Wildman–Crippen MR) is 133 cm³/mol. The minimum Gasteiger partial charge on any atom is -0.380 e. The van der Waals surface area contributed by atoms with Crippen LogP contribution in [0.1, 0.15) is 54.4 Å². The van der Waals surface area contributed by atoms with Crippen LogP contribution >= 0.6 is 0 Å². The molecule has 2 nitrogen and oxygen atoms in total. The molecular weight excluding hydrogens is 404 g/mol. The van der Waals surface area contributed by atoms with Crippen molar-refractivity contribution in [1.82, 2.24) is 0 Å². The first-order chi connectivity index (χ1) is 16.1. The topological polar surface area (TPSA) is 40.5 Å². The van der Waals surface area contributed by atoms with Crippen LogP contribution in [0.25, 0.3) is 22.3 Å². The maximum absolute atomic E-state index is 11.8. The maximum Gasteiger partial charge on any atom is 0.116 e. The zero-order valence-electron chi connectivity index (χ0n) is 18.7. The zero-order chi connectivity index (χ0) is 22.5. The highest BCUT2D eigenvalue weighted by Gasteiger charge is 2.42. The summed E-state index contributed by atoms with van der Waals surface area (Å²) in [6.45, 7) is 0. The summed E-state index contributed by atoms with van der Waals surface area (Å²) in [5.74, 6) is 0. The maximum atomic E-state index is 11.8. The minimum atomic E-state index is -0.934. The Hall–Kier alpha value is -3.20. The number of hydrogen-bond acceptors (Lipinski definition) is 2. The summed E-state index contributed by atoms with van der Waals surface area (Å²) in [7, 11) is 0. The van der Waals surface area contributed by atoms with Gasteiger partial charge >= 0.3 is 0 Å². The van der Waals surface area contributed by atoms with Crippen molar-refractivity contribution in [3.63, 3.8) is 0 Å². The fourth-order valence-corrected chi connectivity index (χ4v) is 6.08. The van der Waals surface area contributed by atoms with Gasteiger partial charge in [-0.05, 0) is 70.2 Å². The molecule has 0 amide bonds.